The first kappa shape index (κ1) is 15.5. The zero-order valence-electron chi connectivity index (χ0n) is 12.0. The number of hydrogen-bond acceptors (Lipinski definition) is 3. The standard InChI is InChI=1S/C16H16F3NOS/c1-20-8-14-15-12(5-6-22-15)13(9-21-14)10-3-2-4-11(7-10)16(17,18)19/h2-7,13-14,20H,8-9H2,1H3. The van der Waals surface area contributed by atoms with Crippen LogP contribution < -0.4 is 5.32 Å². The number of halogens is 3. The molecular formula is C16H16F3NOS. The molecule has 2 atom stereocenters. The molecule has 1 aliphatic rings. The van der Waals surface area contributed by atoms with Gasteiger partial charge in [-0.15, -0.1) is 11.3 Å². The van der Waals surface area contributed by atoms with Crippen molar-refractivity contribution in [3.63, 3.8) is 0 Å². The van der Waals surface area contributed by atoms with Gasteiger partial charge in [-0.05, 0) is 35.7 Å². The molecule has 118 valence electrons. The maximum Gasteiger partial charge on any atom is 0.416 e. The summed E-state index contributed by atoms with van der Waals surface area (Å²) in [4.78, 5) is 1.10. The van der Waals surface area contributed by atoms with Crippen LogP contribution in [0, 0.1) is 0 Å². The molecule has 1 aliphatic heterocycles. The summed E-state index contributed by atoms with van der Waals surface area (Å²) in [5.74, 6) is -0.142. The quantitative estimate of drug-likeness (QED) is 0.913. The molecule has 0 saturated carbocycles. The van der Waals surface area contributed by atoms with E-state index in [0.717, 1.165) is 16.5 Å². The number of hydrogen-bond donors (Lipinski definition) is 1. The van der Waals surface area contributed by atoms with Crippen LogP contribution in [0.25, 0.3) is 0 Å². The van der Waals surface area contributed by atoms with Crippen molar-refractivity contribution in [2.75, 3.05) is 20.2 Å². The Balaban J connectivity index is 1.95. The molecule has 0 bridgehead atoms. The lowest BCUT2D eigenvalue weighted by Crippen LogP contribution is -2.27. The van der Waals surface area contributed by atoms with Crippen molar-refractivity contribution in [2.45, 2.75) is 18.2 Å². The van der Waals surface area contributed by atoms with E-state index < -0.39 is 11.7 Å². The van der Waals surface area contributed by atoms with Crippen molar-refractivity contribution < 1.29 is 17.9 Å². The average molecular weight is 327 g/mol. The molecule has 1 aromatic heterocycles. The monoisotopic (exact) mass is 327 g/mol. The first-order valence-corrected chi connectivity index (χ1v) is 7.89. The first-order valence-electron chi connectivity index (χ1n) is 7.01. The van der Waals surface area contributed by atoms with E-state index in [1.165, 1.54) is 12.1 Å². The number of alkyl halides is 3. The van der Waals surface area contributed by atoms with E-state index in [9.17, 15) is 13.2 Å². The molecule has 0 radical (unpaired) electrons. The predicted octanol–water partition coefficient (Wildman–Crippen LogP) is 4.19. The number of benzene rings is 1. The third-order valence-electron chi connectivity index (χ3n) is 3.86. The maximum atomic E-state index is 12.9. The number of nitrogens with one attached hydrogen (secondary N) is 1. The molecule has 0 saturated heterocycles. The van der Waals surface area contributed by atoms with Gasteiger partial charge in [0.05, 0.1) is 12.2 Å². The minimum atomic E-state index is -4.32. The van der Waals surface area contributed by atoms with Crippen LogP contribution in [0.3, 0.4) is 0 Å². The van der Waals surface area contributed by atoms with Gasteiger partial charge in [0.25, 0.3) is 0 Å². The van der Waals surface area contributed by atoms with E-state index in [1.54, 1.807) is 17.4 Å². The van der Waals surface area contributed by atoms with Crippen molar-refractivity contribution in [3.05, 3.63) is 57.3 Å². The van der Waals surface area contributed by atoms with Gasteiger partial charge in [0, 0.05) is 17.3 Å². The van der Waals surface area contributed by atoms with Crippen LogP contribution in [0.4, 0.5) is 13.2 Å². The molecule has 2 nitrogen and oxygen atoms in total. The van der Waals surface area contributed by atoms with Gasteiger partial charge in [-0.1, -0.05) is 18.2 Å². The molecule has 2 heterocycles. The van der Waals surface area contributed by atoms with Crippen LogP contribution in [-0.4, -0.2) is 20.2 Å². The smallest absolute Gasteiger partial charge is 0.370 e. The van der Waals surface area contributed by atoms with Crippen molar-refractivity contribution in [3.8, 4) is 0 Å². The average Bonchev–Trinajstić information content (AvgIpc) is 2.97. The van der Waals surface area contributed by atoms with E-state index in [-0.39, 0.29) is 12.0 Å². The highest BCUT2D eigenvalue weighted by atomic mass is 32.1. The van der Waals surface area contributed by atoms with Crippen molar-refractivity contribution in [1.29, 1.82) is 0 Å². The highest BCUT2D eigenvalue weighted by molar-refractivity contribution is 7.10. The third-order valence-corrected chi connectivity index (χ3v) is 4.89. The summed E-state index contributed by atoms with van der Waals surface area (Å²) in [6.07, 6.45) is -4.35. The minimum absolute atomic E-state index is 0.0259. The summed E-state index contributed by atoms with van der Waals surface area (Å²) in [6.45, 7) is 1.10. The number of rotatable bonds is 3. The van der Waals surface area contributed by atoms with Crippen LogP contribution in [-0.2, 0) is 10.9 Å². The van der Waals surface area contributed by atoms with Gasteiger partial charge in [0.1, 0.15) is 6.10 Å². The second kappa shape index (κ2) is 6.02. The van der Waals surface area contributed by atoms with Gasteiger partial charge < -0.3 is 10.1 Å². The Kier molecular flexibility index (Phi) is 4.25. The molecule has 0 fully saturated rings. The van der Waals surface area contributed by atoms with E-state index in [1.807, 2.05) is 18.5 Å². The van der Waals surface area contributed by atoms with Crippen LogP contribution >= 0.6 is 11.3 Å². The Morgan fingerprint density at radius 2 is 2.14 bits per heavy atom. The van der Waals surface area contributed by atoms with Crippen molar-refractivity contribution >= 4 is 11.3 Å². The normalized spacial score (nSPS) is 21.6. The fourth-order valence-corrected chi connectivity index (χ4v) is 3.81. The Bertz CT molecular complexity index is 653. The molecule has 22 heavy (non-hydrogen) atoms. The zero-order chi connectivity index (χ0) is 15.7. The van der Waals surface area contributed by atoms with Crippen LogP contribution in [0.15, 0.2) is 35.7 Å². The topological polar surface area (TPSA) is 21.3 Å². The molecule has 0 spiro atoms. The second-order valence-corrected chi connectivity index (χ2v) is 6.24. The molecule has 6 heteroatoms. The maximum absolute atomic E-state index is 12.9. The summed E-state index contributed by atoms with van der Waals surface area (Å²) in [5, 5.41) is 5.06. The summed E-state index contributed by atoms with van der Waals surface area (Å²) in [5.41, 5.74) is 1.12. The number of likely N-dealkylation sites (N-methyl/N-ethyl adjacent to an activating group) is 1. The molecule has 2 unspecified atom stereocenters. The van der Waals surface area contributed by atoms with E-state index in [4.69, 9.17) is 4.74 Å². The Morgan fingerprint density at radius 1 is 1.32 bits per heavy atom. The molecule has 0 amide bonds. The molecular weight excluding hydrogens is 311 g/mol. The lowest BCUT2D eigenvalue weighted by molar-refractivity contribution is -0.137. The van der Waals surface area contributed by atoms with Crippen molar-refractivity contribution in [1.82, 2.24) is 5.32 Å². The molecule has 1 N–H and O–H groups in total. The number of ether oxygens (including phenoxy) is 1. The van der Waals surface area contributed by atoms with Gasteiger partial charge in [0.2, 0.25) is 0 Å². The second-order valence-electron chi connectivity index (χ2n) is 5.30. The SMILES string of the molecule is CNCC1OCC(c2cccc(C(F)(F)F)c2)c2ccsc21. The molecule has 3 rings (SSSR count). The lowest BCUT2D eigenvalue weighted by Gasteiger charge is -2.30. The van der Waals surface area contributed by atoms with Gasteiger partial charge in [-0.2, -0.15) is 13.2 Å². The Morgan fingerprint density at radius 3 is 2.86 bits per heavy atom. The van der Waals surface area contributed by atoms with E-state index in [2.05, 4.69) is 5.32 Å². The lowest BCUT2D eigenvalue weighted by atomic mass is 9.88. The highest BCUT2D eigenvalue weighted by Gasteiger charge is 2.33. The van der Waals surface area contributed by atoms with E-state index >= 15 is 0 Å². The third kappa shape index (κ3) is 2.91. The van der Waals surface area contributed by atoms with Gasteiger partial charge in [-0.25, -0.2) is 0 Å². The highest BCUT2D eigenvalue weighted by Crippen LogP contribution is 2.41. The van der Waals surface area contributed by atoms with Crippen molar-refractivity contribution in [2.24, 2.45) is 0 Å². The number of thiophene rings is 1. The summed E-state index contributed by atoms with van der Waals surface area (Å²) in [6, 6.07) is 7.53. The summed E-state index contributed by atoms with van der Waals surface area (Å²) in [7, 11) is 1.86. The van der Waals surface area contributed by atoms with E-state index in [0.29, 0.717) is 18.7 Å². The fraction of sp³-hybridized carbons (Fsp3) is 0.375. The first-order chi connectivity index (χ1) is 10.5. The summed E-state index contributed by atoms with van der Waals surface area (Å²) >= 11 is 1.59. The Hall–Kier alpha value is -1.37. The molecule has 0 aliphatic carbocycles. The predicted molar refractivity (Wildman–Crippen MR) is 80.2 cm³/mol. The van der Waals surface area contributed by atoms with Crippen LogP contribution in [0.5, 0.6) is 0 Å². The largest absolute Gasteiger partial charge is 0.416 e. The number of fused-ring (bicyclic) bond motifs is 1. The van der Waals surface area contributed by atoms with Crippen LogP contribution in [0.1, 0.15) is 33.6 Å². The minimum Gasteiger partial charge on any atom is -0.370 e. The molecule has 1 aromatic carbocycles. The molecule has 2 aromatic rings. The van der Waals surface area contributed by atoms with Gasteiger partial charge in [-0.3, -0.25) is 0 Å². The zero-order valence-corrected chi connectivity index (χ0v) is 12.8. The summed E-state index contributed by atoms with van der Waals surface area (Å²) < 4.78 is 44.6. The van der Waals surface area contributed by atoms with Gasteiger partial charge >= 0.3 is 6.18 Å². The van der Waals surface area contributed by atoms with Gasteiger partial charge in [0.15, 0.2) is 0 Å². The fourth-order valence-electron chi connectivity index (χ4n) is 2.80. The van der Waals surface area contributed by atoms with Crippen LogP contribution in [0.2, 0.25) is 0 Å². The Labute approximate surface area is 130 Å².